The summed E-state index contributed by atoms with van der Waals surface area (Å²) in [6.07, 6.45) is 4.09. The normalized spacial score (nSPS) is 14.0. The molecule has 0 aliphatic carbocycles. The number of hydrogen-bond donors (Lipinski definition) is 0. The maximum atomic E-state index is 12.5. The Morgan fingerprint density at radius 1 is 1.19 bits per heavy atom. The lowest BCUT2D eigenvalue weighted by atomic mass is 9.94. The standard InChI is InChI=1S/C26H30N4O2/c1-3-22-11-12-24-26(21-8-6-7-20(17-21)18-27)23(19(2)28-30(22)24)9-4-5-10-25(31)29-13-15-32-16-14-29/h6-8,11-12,17H,3-5,9-10,13-16H2,1-2H3. The van der Waals surface area contributed by atoms with Crippen molar-refractivity contribution in [1.29, 1.82) is 5.26 Å². The number of nitrogens with zero attached hydrogens (tertiary/aromatic N) is 4. The first-order chi connectivity index (χ1) is 15.6. The number of unbranched alkanes of at least 4 members (excludes halogenated alkanes) is 1. The SMILES string of the molecule is CCc1ccc2c(-c3cccc(C#N)c3)c(CCCCC(=O)N3CCOCC3)c(C)nn12. The van der Waals surface area contributed by atoms with Crippen LogP contribution in [0, 0.1) is 18.3 Å². The Labute approximate surface area is 189 Å². The van der Waals surface area contributed by atoms with E-state index < -0.39 is 0 Å². The minimum atomic E-state index is 0.222. The summed E-state index contributed by atoms with van der Waals surface area (Å²) in [4.78, 5) is 14.4. The second-order valence-corrected chi connectivity index (χ2v) is 8.31. The van der Waals surface area contributed by atoms with Gasteiger partial charge in [0.05, 0.1) is 36.1 Å². The number of aromatic nitrogens is 2. The van der Waals surface area contributed by atoms with Crippen LogP contribution >= 0.6 is 0 Å². The number of nitriles is 1. The Morgan fingerprint density at radius 2 is 2.00 bits per heavy atom. The van der Waals surface area contributed by atoms with Crippen LogP contribution in [0.3, 0.4) is 0 Å². The number of hydrogen-bond acceptors (Lipinski definition) is 4. The first-order valence-electron chi connectivity index (χ1n) is 11.5. The smallest absolute Gasteiger partial charge is 0.222 e. The number of ether oxygens (including phenoxy) is 1. The molecule has 3 aromatic rings. The maximum Gasteiger partial charge on any atom is 0.222 e. The summed E-state index contributed by atoms with van der Waals surface area (Å²) in [5.41, 5.74) is 7.28. The largest absolute Gasteiger partial charge is 0.378 e. The van der Waals surface area contributed by atoms with E-state index >= 15 is 0 Å². The molecule has 0 atom stereocenters. The molecule has 0 radical (unpaired) electrons. The van der Waals surface area contributed by atoms with Crippen molar-refractivity contribution < 1.29 is 9.53 Å². The predicted molar refractivity (Wildman–Crippen MR) is 124 cm³/mol. The fourth-order valence-corrected chi connectivity index (χ4v) is 4.51. The van der Waals surface area contributed by atoms with Crippen LogP contribution in [0.4, 0.5) is 0 Å². The van der Waals surface area contributed by atoms with Crippen molar-refractivity contribution in [3.8, 4) is 17.2 Å². The summed E-state index contributed by atoms with van der Waals surface area (Å²) < 4.78 is 7.38. The zero-order valence-corrected chi connectivity index (χ0v) is 18.9. The van der Waals surface area contributed by atoms with E-state index in [1.54, 1.807) is 0 Å². The van der Waals surface area contributed by atoms with Crippen molar-refractivity contribution in [3.05, 3.63) is 58.9 Å². The van der Waals surface area contributed by atoms with Gasteiger partial charge in [0.25, 0.3) is 0 Å². The number of fused-ring (bicyclic) bond motifs is 1. The number of carbonyl (C=O) groups excluding carboxylic acids is 1. The molecule has 166 valence electrons. The summed E-state index contributed by atoms with van der Waals surface area (Å²) in [7, 11) is 0. The van der Waals surface area contributed by atoms with E-state index in [-0.39, 0.29) is 5.91 Å². The minimum Gasteiger partial charge on any atom is -0.378 e. The Kier molecular flexibility index (Phi) is 6.87. The van der Waals surface area contributed by atoms with E-state index in [2.05, 4.69) is 38.1 Å². The molecular formula is C26H30N4O2. The van der Waals surface area contributed by atoms with Gasteiger partial charge in [-0.2, -0.15) is 10.4 Å². The highest BCUT2D eigenvalue weighted by Crippen LogP contribution is 2.33. The Balaban J connectivity index is 1.59. The summed E-state index contributed by atoms with van der Waals surface area (Å²) >= 11 is 0. The van der Waals surface area contributed by atoms with E-state index in [0.717, 1.165) is 48.0 Å². The van der Waals surface area contributed by atoms with Gasteiger partial charge in [-0.05, 0) is 68.0 Å². The van der Waals surface area contributed by atoms with E-state index in [4.69, 9.17) is 9.84 Å². The van der Waals surface area contributed by atoms with Gasteiger partial charge in [0.2, 0.25) is 5.91 Å². The quantitative estimate of drug-likeness (QED) is 0.524. The molecule has 6 nitrogen and oxygen atoms in total. The van der Waals surface area contributed by atoms with Crippen LogP contribution in [0.25, 0.3) is 16.6 Å². The van der Waals surface area contributed by atoms with Crippen LogP contribution in [0.15, 0.2) is 36.4 Å². The molecule has 1 fully saturated rings. The van der Waals surface area contributed by atoms with Crippen LogP contribution in [0.5, 0.6) is 0 Å². The van der Waals surface area contributed by atoms with Crippen molar-refractivity contribution in [3.63, 3.8) is 0 Å². The minimum absolute atomic E-state index is 0.222. The number of amides is 1. The zero-order chi connectivity index (χ0) is 22.5. The number of carbonyl (C=O) groups is 1. The maximum absolute atomic E-state index is 12.5. The van der Waals surface area contributed by atoms with Crippen LogP contribution in [0.2, 0.25) is 0 Å². The molecule has 4 rings (SSSR count). The number of morpholine rings is 1. The highest BCUT2D eigenvalue weighted by Gasteiger charge is 2.19. The van der Waals surface area contributed by atoms with Crippen LogP contribution in [-0.2, 0) is 22.4 Å². The van der Waals surface area contributed by atoms with Crippen molar-refractivity contribution in [2.45, 2.75) is 46.0 Å². The van der Waals surface area contributed by atoms with Gasteiger partial charge in [-0.25, -0.2) is 4.52 Å². The first kappa shape index (κ1) is 22.0. The van der Waals surface area contributed by atoms with Gasteiger partial charge in [-0.1, -0.05) is 19.1 Å². The van der Waals surface area contributed by atoms with Gasteiger partial charge >= 0.3 is 0 Å². The topological polar surface area (TPSA) is 70.6 Å². The van der Waals surface area contributed by atoms with E-state index in [9.17, 15) is 10.1 Å². The highest BCUT2D eigenvalue weighted by atomic mass is 16.5. The van der Waals surface area contributed by atoms with Crippen LogP contribution in [0.1, 0.15) is 48.7 Å². The predicted octanol–water partition coefficient (Wildman–Crippen LogP) is 4.32. The fourth-order valence-electron chi connectivity index (χ4n) is 4.51. The number of benzene rings is 1. The Morgan fingerprint density at radius 3 is 2.75 bits per heavy atom. The second kappa shape index (κ2) is 9.97. The van der Waals surface area contributed by atoms with E-state index in [1.807, 2.05) is 27.6 Å². The zero-order valence-electron chi connectivity index (χ0n) is 18.9. The first-order valence-corrected chi connectivity index (χ1v) is 11.5. The molecule has 1 aliphatic heterocycles. The average molecular weight is 431 g/mol. The van der Waals surface area contributed by atoms with Crippen molar-refractivity contribution >= 4 is 11.4 Å². The van der Waals surface area contributed by atoms with Gasteiger partial charge in [-0.3, -0.25) is 4.79 Å². The molecule has 2 aromatic heterocycles. The second-order valence-electron chi connectivity index (χ2n) is 8.31. The lowest BCUT2D eigenvalue weighted by Gasteiger charge is -2.26. The molecule has 0 unspecified atom stereocenters. The monoisotopic (exact) mass is 430 g/mol. The van der Waals surface area contributed by atoms with Gasteiger partial charge < -0.3 is 9.64 Å². The summed E-state index contributed by atoms with van der Waals surface area (Å²) in [5.74, 6) is 0.222. The van der Waals surface area contributed by atoms with Crippen molar-refractivity contribution in [1.82, 2.24) is 14.5 Å². The molecule has 1 aromatic carbocycles. The number of aryl methyl sites for hydroxylation is 2. The van der Waals surface area contributed by atoms with Gasteiger partial charge in [0.15, 0.2) is 0 Å². The molecule has 32 heavy (non-hydrogen) atoms. The molecule has 1 amide bonds. The molecule has 1 aliphatic rings. The highest BCUT2D eigenvalue weighted by molar-refractivity contribution is 5.84. The van der Waals surface area contributed by atoms with Gasteiger partial charge in [0.1, 0.15) is 0 Å². The third kappa shape index (κ3) is 4.53. The molecule has 0 bridgehead atoms. The molecule has 3 heterocycles. The van der Waals surface area contributed by atoms with Crippen LogP contribution in [-0.4, -0.2) is 46.7 Å². The number of rotatable bonds is 7. The van der Waals surface area contributed by atoms with Crippen molar-refractivity contribution in [2.24, 2.45) is 0 Å². The summed E-state index contributed by atoms with van der Waals surface area (Å²) in [5, 5.41) is 14.3. The molecule has 0 spiro atoms. The lowest BCUT2D eigenvalue weighted by Crippen LogP contribution is -2.40. The summed E-state index contributed by atoms with van der Waals surface area (Å²) in [6, 6.07) is 14.3. The molecule has 0 N–H and O–H groups in total. The lowest BCUT2D eigenvalue weighted by molar-refractivity contribution is -0.135. The van der Waals surface area contributed by atoms with Crippen LogP contribution < -0.4 is 0 Å². The third-order valence-electron chi connectivity index (χ3n) is 6.25. The molecule has 6 heteroatoms. The molecule has 0 saturated carbocycles. The van der Waals surface area contributed by atoms with E-state index in [1.165, 1.54) is 11.3 Å². The fraction of sp³-hybridized carbons (Fsp3) is 0.423. The Bertz CT molecular complexity index is 1150. The molecular weight excluding hydrogens is 400 g/mol. The molecule has 1 saturated heterocycles. The van der Waals surface area contributed by atoms with Gasteiger partial charge in [-0.15, -0.1) is 0 Å². The third-order valence-corrected chi connectivity index (χ3v) is 6.25. The Hall–Kier alpha value is -3.17. The van der Waals surface area contributed by atoms with Crippen molar-refractivity contribution in [2.75, 3.05) is 26.3 Å². The van der Waals surface area contributed by atoms with E-state index in [0.29, 0.717) is 38.3 Å². The average Bonchev–Trinajstić information content (AvgIpc) is 3.24. The van der Waals surface area contributed by atoms with Gasteiger partial charge in [0, 0.05) is 30.8 Å². The summed E-state index contributed by atoms with van der Waals surface area (Å²) in [6.45, 7) is 6.87.